The zero-order chi connectivity index (χ0) is 30.3. The van der Waals surface area contributed by atoms with E-state index in [0.717, 1.165) is 18.3 Å². The third-order valence-electron chi connectivity index (χ3n) is 9.42. The molecular formula is C40H66. The minimum Gasteiger partial charge on any atom is -0.0991 e. The normalized spacial score (nSPS) is 23.4. The highest BCUT2D eigenvalue weighted by atomic mass is 14.4. The fourth-order valence-electron chi connectivity index (χ4n) is 6.78. The van der Waals surface area contributed by atoms with Crippen molar-refractivity contribution in [1.29, 1.82) is 0 Å². The second kappa shape index (κ2) is 18.6. The summed E-state index contributed by atoms with van der Waals surface area (Å²) in [5.41, 5.74) is 11.4. The van der Waals surface area contributed by atoms with E-state index in [4.69, 9.17) is 0 Å². The molecule has 2 unspecified atom stereocenters. The van der Waals surface area contributed by atoms with E-state index in [1.807, 2.05) is 33.8 Å². The first-order valence-electron chi connectivity index (χ1n) is 16.7. The summed E-state index contributed by atoms with van der Waals surface area (Å²) < 4.78 is 0. The first-order valence-corrected chi connectivity index (χ1v) is 16.7. The lowest BCUT2D eigenvalue weighted by Crippen LogP contribution is -2.22. The Balaban J connectivity index is 0.000000885. The highest BCUT2D eigenvalue weighted by Gasteiger charge is 2.32. The van der Waals surface area contributed by atoms with Gasteiger partial charge in [0.05, 0.1) is 0 Å². The lowest BCUT2D eigenvalue weighted by Gasteiger charge is -2.36. The van der Waals surface area contributed by atoms with Gasteiger partial charge in [-0.15, -0.1) is 0 Å². The van der Waals surface area contributed by atoms with E-state index in [1.54, 1.807) is 28.4 Å². The molecule has 0 saturated heterocycles. The SMILES string of the molecule is C=CC=C(C)C.CC.CC/C(C(=C1CCC(CC2(C)CCCC(C)CC2)CC1)c1ccccc1C)=C(\C)C(C)C. The average Bonchev–Trinajstić information content (AvgIpc) is 3.09. The van der Waals surface area contributed by atoms with Gasteiger partial charge in [0.2, 0.25) is 0 Å². The molecule has 0 heteroatoms. The number of rotatable bonds is 7. The van der Waals surface area contributed by atoms with E-state index in [9.17, 15) is 0 Å². The summed E-state index contributed by atoms with van der Waals surface area (Å²) in [4.78, 5) is 0. The number of allylic oxidation sites excluding steroid dienone is 7. The Kier molecular flexibility index (Phi) is 16.8. The minimum absolute atomic E-state index is 0.595. The van der Waals surface area contributed by atoms with Gasteiger partial charge in [0.15, 0.2) is 0 Å². The molecule has 1 aromatic rings. The Hall–Kier alpha value is -1.82. The fraction of sp³-hybridized carbons (Fsp3) is 0.650. The molecule has 0 N–H and O–H groups in total. The summed E-state index contributed by atoms with van der Waals surface area (Å²) in [5, 5.41) is 0. The van der Waals surface area contributed by atoms with Crippen molar-refractivity contribution in [2.75, 3.05) is 0 Å². The van der Waals surface area contributed by atoms with Crippen LogP contribution >= 0.6 is 0 Å². The monoisotopic (exact) mass is 547 g/mol. The van der Waals surface area contributed by atoms with E-state index in [0.29, 0.717) is 11.3 Å². The summed E-state index contributed by atoms with van der Waals surface area (Å²) in [7, 11) is 0. The van der Waals surface area contributed by atoms with Gasteiger partial charge in [-0.1, -0.05) is 127 Å². The molecule has 0 heterocycles. The van der Waals surface area contributed by atoms with Crippen LogP contribution in [0.15, 0.2) is 65.3 Å². The van der Waals surface area contributed by atoms with E-state index in [-0.39, 0.29) is 0 Å². The molecule has 3 rings (SSSR count). The molecule has 0 amide bonds. The van der Waals surface area contributed by atoms with Gasteiger partial charge in [0.25, 0.3) is 0 Å². The molecule has 0 spiro atoms. The smallest absolute Gasteiger partial charge is 0.0152 e. The van der Waals surface area contributed by atoms with Gasteiger partial charge in [0, 0.05) is 0 Å². The van der Waals surface area contributed by atoms with Crippen LogP contribution in [0, 0.1) is 30.1 Å². The van der Waals surface area contributed by atoms with Crippen molar-refractivity contribution < 1.29 is 0 Å². The van der Waals surface area contributed by atoms with Gasteiger partial charge in [-0.05, 0) is 125 Å². The first-order chi connectivity index (χ1) is 19.0. The van der Waals surface area contributed by atoms with Gasteiger partial charge in [-0.3, -0.25) is 0 Å². The van der Waals surface area contributed by atoms with E-state index < -0.39 is 0 Å². The summed E-state index contributed by atoms with van der Waals surface area (Å²) in [6, 6.07) is 9.10. The molecule has 2 atom stereocenters. The van der Waals surface area contributed by atoms with Gasteiger partial charge in [0.1, 0.15) is 0 Å². The molecule has 0 nitrogen and oxygen atoms in total. The number of hydrogen-bond acceptors (Lipinski definition) is 0. The summed E-state index contributed by atoms with van der Waals surface area (Å²) >= 11 is 0. The Morgan fingerprint density at radius 3 is 2.12 bits per heavy atom. The van der Waals surface area contributed by atoms with Crippen molar-refractivity contribution in [2.24, 2.45) is 23.2 Å². The first kappa shape index (κ1) is 36.2. The predicted octanol–water partition coefficient (Wildman–Crippen LogP) is 13.5. The molecule has 2 aliphatic carbocycles. The van der Waals surface area contributed by atoms with Crippen molar-refractivity contribution in [3.05, 3.63) is 76.4 Å². The van der Waals surface area contributed by atoms with Gasteiger partial charge in [-0.2, -0.15) is 0 Å². The highest BCUT2D eigenvalue weighted by Crippen LogP contribution is 2.47. The van der Waals surface area contributed by atoms with Crippen molar-refractivity contribution in [3.63, 3.8) is 0 Å². The maximum Gasteiger partial charge on any atom is -0.0152 e. The van der Waals surface area contributed by atoms with Crippen molar-refractivity contribution >= 4 is 5.57 Å². The van der Waals surface area contributed by atoms with Crippen LogP contribution in [0.3, 0.4) is 0 Å². The largest absolute Gasteiger partial charge is 0.0991 e. The Labute approximate surface area is 251 Å². The molecule has 1 aromatic carbocycles. The van der Waals surface area contributed by atoms with E-state index in [2.05, 4.69) is 79.3 Å². The van der Waals surface area contributed by atoms with E-state index >= 15 is 0 Å². The van der Waals surface area contributed by atoms with E-state index in [1.165, 1.54) is 80.9 Å². The Morgan fingerprint density at radius 1 is 1.00 bits per heavy atom. The van der Waals surface area contributed by atoms with Crippen molar-refractivity contribution in [2.45, 2.75) is 147 Å². The van der Waals surface area contributed by atoms with Gasteiger partial charge in [-0.25, -0.2) is 0 Å². The van der Waals surface area contributed by atoms with Crippen LogP contribution < -0.4 is 0 Å². The third-order valence-corrected chi connectivity index (χ3v) is 9.42. The standard InChI is InChI=1S/C32H50.C6H10.C2H6/c1-8-29(26(6)23(2)3)31(30-14-10-9-13-25(30)5)28-17-15-27(16-18-28)22-32(7)20-11-12-24(4)19-21-32;1-4-5-6(2)3;1-2/h9-10,13-14,23-24,27H,8,11-12,15-22H2,1-7H3;4-5H,1H2,2-3H3;1-2H3/b29-26-,31-28?;;. The molecule has 0 aromatic heterocycles. The van der Waals surface area contributed by atoms with Crippen LogP contribution in [-0.4, -0.2) is 0 Å². The fourth-order valence-corrected chi connectivity index (χ4v) is 6.78. The summed E-state index contributed by atoms with van der Waals surface area (Å²) in [5.74, 6) is 2.48. The average molecular weight is 547 g/mol. The number of benzene rings is 1. The minimum atomic E-state index is 0.595. The zero-order valence-corrected chi connectivity index (χ0v) is 28.7. The second-order valence-corrected chi connectivity index (χ2v) is 13.4. The van der Waals surface area contributed by atoms with Crippen LogP contribution in [0.1, 0.15) is 151 Å². The summed E-state index contributed by atoms with van der Waals surface area (Å²) in [6.07, 6.45) is 19.0. The highest BCUT2D eigenvalue weighted by molar-refractivity contribution is 5.83. The zero-order valence-electron chi connectivity index (χ0n) is 28.7. The lowest BCUT2D eigenvalue weighted by molar-refractivity contribution is 0.186. The molecule has 0 radical (unpaired) electrons. The molecule has 2 aliphatic rings. The number of aryl methyl sites for hydroxylation is 1. The van der Waals surface area contributed by atoms with Crippen LogP contribution in [-0.2, 0) is 0 Å². The lowest BCUT2D eigenvalue weighted by atomic mass is 9.70. The molecule has 2 fully saturated rings. The number of hydrogen-bond donors (Lipinski definition) is 0. The molecule has 0 bridgehead atoms. The van der Waals surface area contributed by atoms with Crippen molar-refractivity contribution in [1.82, 2.24) is 0 Å². The van der Waals surface area contributed by atoms with Gasteiger partial charge >= 0.3 is 0 Å². The Bertz CT molecular complexity index is 967. The maximum absolute atomic E-state index is 3.52. The predicted molar refractivity (Wildman–Crippen MR) is 184 cm³/mol. The summed E-state index contributed by atoms with van der Waals surface area (Å²) in [6.45, 7) is 28.4. The molecule has 0 aliphatic heterocycles. The maximum atomic E-state index is 3.52. The van der Waals surface area contributed by atoms with Crippen LogP contribution in [0.25, 0.3) is 5.57 Å². The second-order valence-electron chi connectivity index (χ2n) is 13.4. The molecule has 2 saturated carbocycles. The third kappa shape index (κ3) is 11.6. The molecule has 226 valence electrons. The van der Waals surface area contributed by atoms with Crippen LogP contribution in [0.5, 0.6) is 0 Å². The quantitative estimate of drug-likeness (QED) is 0.236. The van der Waals surface area contributed by atoms with Gasteiger partial charge < -0.3 is 0 Å². The van der Waals surface area contributed by atoms with Crippen LogP contribution in [0.4, 0.5) is 0 Å². The molecule has 40 heavy (non-hydrogen) atoms. The molecular weight excluding hydrogens is 480 g/mol. The van der Waals surface area contributed by atoms with Crippen LogP contribution in [0.2, 0.25) is 0 Å². The Morgan fingerprint density at radius 2 is 1.62 bits per heavy atom. The topological polar surface area (TPSA) is 0 Å². The van der Waals surface area contributed by atoms with Crippen molar-refractivity contribution in [3.8, 4) is 0 Å².